The monoisotopic (exact) mass is 363 g/mol. The normalized spacial score (nSPS) is 20.9. The molecule has 1 saturated carbocycles. The second kappa shape index (κ2) is 7.25. The van der Waals surface area contributed by atoms with Gasteiger partial charge in [0.15, 0.2) is 0 Å². The van der Waals surface area contributed by atoms with Crippen molar-refractivity contribution in [3.63, 3.8) is 0 Å². The molecule has 0 radical (unpaired) electrons. The molecular formula is C17H20ClN4O3+. The molecule has 132 valence electrons. The molecule has 2 aromatic rings. The molecule has 8 heteroatoms. The van der Waals surface area contributed by atoms with Gasteiger partial charge in [-0.15, -0.1) is 0 Å². The van der Waals surface area contributed by atoms with E-state index in [4.69, 9.17) is 11.6 Å². The van der Waals surface area contributed by atoms with Crippen molar-refractivity contribution in [2.45, 2.75) is 37.8 Å². The molecule has 2 atom stereocenters. The van der Waals surface area contributed by atoms with Gasteiger partial charge in [0.25, 0.3) is 5.56 Å². The van der Waals surface area contributed by atoms with Gasteiger partial charge in [0.05, 0.1) is 10.7 Å². The number of aromatic hydroxyl groups is 1. The van der Waals surface area contributed by atoms with Crippen molar-refractivity contribution < 1.29 is 10.8 Å². The van der Waals surface area contributed by atoms with Gasteiger partial charge in [-0.2, -0.15) is 0 Å². The molecule has 1 aliphatic carbocycles. The lowest BCUT2D eigenvalue weighted by atomic mass is 9.91. The Kier molecular flexibility index (Phi) is 5.06. The number of nitrogens with zero attached hydrogens (tertiary/aromatic N) is 2. The maximum Gasteiger partial charge on any atom is 0.335 e. The van der Waals surface area contributed by atoms with Crippen LogP contribution in [0.3, 0.4) is 0 Å². The minimum Gasteiger partial charge on any atom is -0.493 e. The molecular weight excluding hydrogens is 344 g/mol. The number of hydrogen-bond acceptors (Lipinski definition) is 4. The number of rotatable bonds is 3. The summed E-state index contributed by atoms with van der Waals surface area (Å²) in [6, 6.07) is 6.75. The predicted molar refractivity (Wildman–Crippen MR) is 95.9 cm³/mol. The zero-order valence-corrected chi connectivity index (χ0v) is 14.4. The fourth-order valence-electron chi connectivity index (χ4n) is 3.07. The van der Waals surface area contributed by atoms with Crippen LogP contribution in [-0.4, -0.2) is 33.0 Å². The number of H-pyrrole nitrogens is 1. The van der Waals surface area contributed by atoms with Crippen LogP contribution in [0, 0.1) is 0 Å². The lowest BCUT2D eigenvalue weighted by Gasteiger charge is -2.22. The second-order valence-corrected chi connectivity index (χ2v) is 6.58. The van der Waals surface area contributed by atoms with Gasteiger partial charge in [-0.3, -0.25) is 14.8 Å². The Balaban J connectivity index is 2.06. The SMILES string of the molecule is [NH3+][C@H]1CCCC[C@H]1N=Cc1c(O)n(-c2ccccc2Cl)c(=O)[nH]c1=O. The lowest BCUT2D eigenvalue weighted by Crippen LogP contribution is -2.66. The Morgan fingerprint density at radius 3 is 2.72 bits per heavy atom. The quantitative estimate of drug-likeness (QED) is 0.702. The maximum atomic E-state index is 12.2. The Morgan fingerprint density at radius 2 is 2.00 bits per heavy atom. The van der Waals surface area contributed by atoms with Crippen LogP contribution in [-0.2, 0) is 0 Å². The predicted octanol–water partition coefficient (Wildman–Crippen LogP) is 0.857. The topological polar surface area (TPSA) is 115 Å². The van der Waals surface area contributed by atoms with Gasteiger partial charge in [0.2, 0.25) is 5.88 Å². The summed E-state index contributed by atoms with van der Waals surface area (Å²) < 4.78 is 0.966. The van der Waals surface area contributed by atoms with E-state index in [9.17, 15) is 14.7 Å². The van der Waals surface area contributed by atoms with Gasteiger partial charge in [0, 0.05) is 12.6 Å². The Labute approximate surface area is 148 Å². The highest BCUT2D eigenvalue weighted by atomic mass is 35.5. The first-order valence-corrected chi connectivity index (χ1v) is 8.56. The third-order valence-electron chi connectivity index (χ3n) is 4.48. The zero-order valence-electron chi connectivity index (χ0n) is 13.6. The van der Waals surface area contributed by atoms with E-state index < -0.39 is 17.1 Å². The second-order valence-electron chi connectivity index (χ2n) is 6.17. The average molecular weight is 364 g/mol. The summed E-state index contributed by atoms with van der Waals surface area (Å²) in [6.07, 6.45) is 5.41. The van der Waals surface area contributed by atoms with Crippen LogP contribution in [0.25, 0.3) is 5.69 Å². The highest BCUT2D eigenvalue weighted by Crippen LogP contribution is 2.23. The largest absolute Gasteiger partial charge is 0.493 e. The molecule has 3 rings (SSSR count). The number of para-hydroxylation sites is 1. The number of benzene rings is 1. The van der Waals surface area contributed by atoms with Crippen molar-refractivity contribution in [2.75, 3.05) is 0 Å². The van der Waals surface area contributed by atoms with Gasteiger partial charge in [0.1, 0.15) is 17.6 Å². The molecule has 5 N–H and O–H groups in total. The standard InChI is InChI=1S/C17H19ClN4O3/c18-11-5-1-4-8-14(11)22-16(24)10(15(23)21-17(22)25)9-20-13-7-3-2-6-12(13)19/h1,4-5,8-9,12-13,24H,2-3,6-7,19H2,(H,21,23,25)/p+1/t12-,13+/m0/s1. The minimum absolute atomic E-state index is 0.00763. The van der Waals surface area contributed by atoms with E-state index in [2.05, 4.69) is 15.7 Å². The fourth-order valence-corrected chi connectivity index (χ4v) is 3.29. The number of nitrogens with one attached hydrogen (secondary N) is 1. The van der Waals surface area contributed by atoms with Gasteiger partial charge in [-0.05, 0) is 25.0 Å². The van der Waals surface area contributed by atoms with Crippen molar-refractivity contribution in [1.29, 1.82) is 0 Å². The van der Waals surface area contributed by atoms with Crippen molar-refractivity contribution in [3.8, 4) is 11.6 Å². The number of aromatic nitrogens is 2. The van der Waals surface area contributed by atoms with Crippen LogP contribution in [0.1, 0.15) is 31.2 Å². The molecule has 7 nitrogen and oxygen atoms in total. The van der Waals surface area contributed by atoms with Crippen LogP contribution >= 0.6 is 11.6 Å². The van der Waals surface area contributed by atoms with E-state index in [0.29, 0.717) is 0 Å². The molecule has 0 unspecified atom stereocenters. The zero-order chi connectivity index (χ0) is 18.0. The maximum absolute atomic E-state index is 12.2. The van der Waals surface area contributed by atoms with Crippen LogP contribution in [0.15, 0.2) is 38.8 Å². The number of halogens is 1. The Hall–Kier alpha value is -2.38. The van der Waals surface area contributed by atoms with Crippen molar-refractivity contribution in [1.82, 2.24) is 9.55 Å². The highest BCUT2D eigenvalue weighted by Gasteiger charge is 2.24. The van der Waals surface area contributed by atoms with Gasteiger partial charge < -0.3 is 10.8 Å². The molecule has 25 heavy (non-hydrogen) atoms. The summed E-state index contributed by atoms with van der Waals surface area (Å²) >= 11 is 6.11. The fraction of sp³-hybridized carbons (Fsp3) is 0.353. The molecule has 1 aromatic heterocycles. The van der Waals surface area contributed by atoms with Crippen LogP contribution in [0.2, 0.25) is 5.02 Å². The summed E-state index contributed by atoms with van der Waals surface area (Å²) in [4.78, 5) is 30.9. The molecule has 1 aliphatic rings. The number of hydrogen-bond donors (Lipinski definition) is 3. The smallest absolute Gasteiger partial charge is 0.335 e. The van der Waals surface area contributed by atoms with E-state index in [-0.39, 0.29) is 28.4 Å². The van der Waals surface area contributed by atoms with Crippen LogP contribution in [0.4, 0.5) is 0 Å². The van der Waals surface area contributed by atoms with Gasteiger partial charge in [-0.25, -0.2) is 9.36 Å². The first kappa shape index (κ1) is 17.4. The molecule has 0 bridgehead atoms. The first-order chi connectivity index (χ1) is 12.0. The summed E-state index contributed by atoms with van der Waals surface area (Å²) in [5, 5.41) is 10.8. The highest BCUT2D eigenvalue weighted by molar-refractivity contribution is 6.32. The van der Waals surface area contributed by atoms with Crippen molar-refractivity contribution >= 4 is 17.8 Å². The third-order valence-corrected chi connectivity index (χ3v) is 4.80. The molecule has 1 heterocycles. The number of aromatic amines is 1. The van der Waals surface area contributed by atoms with Crippen molar-refractivity contribution in [3.05, 3.63) is 55.7 Å². The number of aliphatic imine (C=N–C) groups is 1. The Bertz CT molecular complexity index is 919. The summed E-state index contributed by atoms with van der Waals surface area (Å²) in [5.41, 5.74) is 2.85. The summed E-state index contributed by atoms with van der Waals surface area (Å²) in [5.74, 6) is -0.484. The summed E-state index contributed by atoms with van der Waals surface area (Å²) in [7, 11) is 0. The Morgan fingerprint density at radius 1 is 1.28 bits per heavy atom. The van der Waals surface area contributed by atoms with Gasteiger partial charge >= 0.3 is 5.69 Å². The lowest BCUT2D eigenvalue weighted by molar-refractivity contribution is -0.428. The number of quaternary nitrogens is 1. The molecule has 0 spiro atoms. The van der Waals surface area contributed by atoms with Crippen LogP contribution in [0.5, 0.6) is 5.88 Å². The molecule has 0 aliphatic heterocycles. The van der Waals surface area contributed by atoms with E-state index in [1.165, 1.54) is 6.21 Å². The van der Waals surface area contributed by atoms with E-state index >= 15 is 0 Å². The third kappa shape index (κ3) is 3.52. The molecule has 0 amide bonds. The van der Waals surface area contributed by atoms with E-state index in [1.807, 2.05) is 0 Å². The molecule has 1 fully saturated rings. The average Bonchev–Trinajstić information content (AvgIpc) is 2.57. The van der Waals surface area contributed by atoms with Crippen LogP contribution < -0.4 is 17.0 Å². The van der Waals surface area contributed by atoms with Crippen molar-refractivity contribution in [2.24, 2.45) is 4.99 Å². The minimum atomic E-state index is -0.763. The summed E-state index contributed by atoms with van der Waals surface area (Å²) in [6.45, 7) is 0. The van der Waals surface area contributed by atoms with Gasteiger partial charge in [-0.1, -0.05) is 30.2 Å². The molecule has 0 saturated heterocycles. The first-order valence-electron chi connectivity index (χ1n) is 8.18. The molecule has 1 aromatic carbocycles. The van der Waals surface area contributed by atoms with E-state index in [0.717, 1.165) is 30.3 Å². The van der Waals surface area contributed by atoms with E-state index in [1.54, 1.807) is 24.3 Å².